The Kier molecular flexibility index (Phi) is 4.75. The van der Waals surface area contributed by atoms with Crippen molar-refractivity contribution in [3.63, 3.8) is 0 Å². The second-order valence-corrected chi connectivity index (χ2v) is 5.02. The molecule has 0 saturated carbocycles. The van der Waals surface area contributed by atoms with Gasteiger partial charge in [-0.05, 0) is 31.7 Å². The summed E-state index contributed by atoms with van der Waals surface area (Å²) in [4.78, 5) is 0. The van der Waals surface area contributed by atoms with Crippen molar-refractivity contribution in [1.29, 1.82) is 0 Å². The van der Waals surface area contributed by atoms with Crippen molar-refractivity contribution in [1.82, 2.24) is 0 Å². The van der Waals surface area contributed by atoms with Gasteiger partial charge in [0.05, 0.1) is 19.3 Å². The van der Waals surface area contributed by atoms with E-state index in [-0.39, 0.29) is 0 Å². The normalized spacial score (nSPS) is 25.9. The van der Waals surface area contributed by atoms with E-state index in [1.807, 2.05) is 30.3 Å². The van der Waals surface area contributed by atoms with E-state index < -0.39 is 11.7 Å². The lowest BCUT2D eigenvalue weighted by Crippen LogP contribution is -2.49. The molecular formula is C15H22O3. The lowest BCUT2D eigenvalue weighted by Gasteiger charge is -2.39. The summed E-state index contributed by atoms with van der Waals surface area (Å²) in [7, 11) is 0. The third-order valence-electron chi connectivity index (χ3n) is 3.60. The molecule has 0 aliphatic carbocycles. The Morgan fingerprint density at radius 2 is 2.11 bits per heavy atom. The Hall–Kier alpha value is -0.900. The summed E-state index contributed by atoms with van der Waals surface area (Å²) in [5.74, 6) is 0. The van der Waals surface area contributed by atoms with Crippen LogP contribution in [0.2, 0.25) is 0 Å². The van der Waals surface area contributed by atoms with E-state index >= 15 is 0 Å². The first-order valence-corrected chi connectivity index (χ1v) is 6.67. The van der Waals surface area contributed by atoms with Crippen LogP contribution in [0.5, 0.6) is 0 Å². The molecule has 0 bridgehead atoms. The first kappa shape index (κ1) is 13.5. The van der Waals surface area contributed by atoms with Crippen LogP contribution in [-0.2, 0) is 16.1 Å². The molecule has 2 rings (SSSR count). The smallest absolute Gasteiger partial charge is 0.117 e. The van der Waals surface area contributed by atoms with Crippen molar-refractivity contribution in [2.75, 3.05) is 13.2 Å². The van der Waals surface area contributed by atoms with Crippen LogP contribution in [-0.4, -0.2) is 30.0 Å². The third kappa shape index (κ3) is 3.31. The minimum Gasteiger partial charge on any atom is -0.390 e. The lowest BCUT2D eigenvalue weighted by atomic mass is 9.90. The molecule has 3 heteroatoms. The Balaban J connectivity index is 1.86. The van der Waals surface area contributed by atoms with Gasteiger partial charge in [-0.1, -0.05) is 30.3 Å². The van der Waals surface area contributed by atoms with Gasteiger partial charge in [0.15, 0.2) is 0 Å². The number of benzene rings is 1. The fourth-order valence-electron chi connectivity index (χ4n) is 2.35. The standard InChI is InChI=1S/C15H22O3/c1-13(16)15(9-5-6-10-18-15)12-17-11-14-7-3-2-4-8-14/h2-4,7-8,13,16H,5-6,9-12H2,1H3/t13-,15-/m1/s1. The van der Waals surface area contributed by atoms with Crippen molar-refractivity contribution in [3.8, 4) is 0 Å². The van der Waals surface area contributed by atoms with Gasteiger partial charge in [-0.2, -0.15) is 0 Å². The average molecular weight is 250 g/mol. The molecule has 1 saturated heterocycles. The summed E-state index contributed by atoms with van der Waals surface area (Å²) < 4.78 is 11.5. The molecular weight excluding hydrogens is 228 g/mol. The molecule has 100 valence electrons. The van der Waals surface area contributed by atoms with Crippen molar-refractivity contribution >= 4 is 0 Å². The SMILES string of the molecule is C[C@@H](O)[C@]1(COCc2ccccc2)CCCCO1. The summed E-state index contributed by atoms with van der Waals surface area (Å²) >= 11 is 0. The summed E-state index contributed by atoms with van der Waals surface area (Å²) in [6.07, 6.45) is 2.56. The van der Waals surface area contributed by atoms with Gasteiger partial charge in [-0.25, -0.2) is 0 Å². The van der Waals surface area contributed by atoms with Crippen LogP contribution in [0, 0.1) is 0 Å². The molecule has 2 atom stereocenters. The number of hydrogen-bond acceptors (Lipinski definition) is 3. The Bertz CT molecular complexity index is 342. The number of aliphatic hydroxyl groups excluding tert-OH is 1. The van der Waals surface area contributed by atoms with E-state index in [9.17, 15) is 5.11 Å². The van der Waals surface area contributed by atoms with E-state index in [4.69, 9.17) is 9.47 Å². The highest BCUT2D eigenvalue weighted by atomic mass is 16.6. The first-order chi connectivity index (χ1) is 8.73. The highest BCUT2D eigenvalue weighted by Gasteiger charge is 2.38. The van der Waals surface area contributed by atoms with Crippen LogP contribution in [0.3, 0.4) is 0 Å². The van der Waals surface area contributed by atoms with Gasteiger partial charge < -0.3 is 14.6 Å². The van der Waals surface area contributed by atoms with Gasteiger partial charge in [-0.15, -0.1) is 0 Å². The Labute approximate surface area is 109 Å². The zero-order valence-corrected chi connectivity index (χ0v) is 11.0. The molecule has 0 spiro atoms. The first-order valence-electron chi connectivity index (χ1n) is 6.67. The summed E-state index contributed by atoms with van der Waals surface area (Å²) in [5.41, 5.74) is 0.640. The molecule has 0 aromatic heterocycles. The molecule has 18 heavy (non-hydrogen) atoms. The number of hydrogen-bond donors (Lipinski definition) is 1. The zero-order valence-electron chi connectivity index (χ0n) is 11.0. The largest absolute Gasteiger partial charge is 0.390 e. The van der Waals surface area contributed by atoms with Crippen molar-refractivity contribution in [2.45, 2.75) is 44.5 Å². The minimum atomic E-state index is -0.507. The fraction of sp³-hybridized carbons (Fsp3) is 0.600. The second kappa shape index (κ2) is 6.32. The van der Waals surface area contributed by atoms with E-state index in [0.717, 1.165) is 31.4 Å². The van der Waals surface area contributed by atoms with Gasteiger partial charge in [0.1, 0.15) is 5.60 Å². The topological polar surface area (TPSA) is 38.7 Å². The maximum Gasteiger partial charge on any atom is 0.117 e. The van der Waals surface area contributed by atoms with Gasteiger partial charge in [0.25, 0.3) is 0 Å². The maximum atomic E-state index is 9.92. The molecule has 1 aliphatic heterocycles. The quantitative estimate of drug-likeness (QED) is 0.872. The lowest BCUT2D eigenvalue weighted by molar-refractivity contribution is -0.175. The second-order valence-electron chi connectivity index (χ2n) is 5.02. The Morgan fingerprint density at radius 1 is 1.33 bits per heavy atom. The molecule has 3 nitrogen and oxygen atoms in total. The van der Waals surface area contributed by atoms with Crippen LogP contribution in [0.1, 0.15) is 31.7 Å². The predicted octanol–water partition coefficient (Wildman–Crippen LogP) is 2.52. The monoisotopic (exact) mass is 250 g/mol. The molecule has 0 amide bonds. The summed E-state index contributed by atoms with van der Waals surface area (Å²) in [5, 5.41) is 9.92. The Morgan fingerprint density at radius 3 is 2.72 bits per heavy atom. The molecule has 1 aromatic rings. The van der Waals surface area contributed by atoms with E-state index in [1.54, 1.807) is 6.92 Å². The van der Waals surface area contributed by atoms with Gasteiger partial charge in [0, 0.05) is 6.61 Å². The average Bonchev–Trinajstić information content (AvgIpc) is 2.41. The van der Waals surface area contributed by atoms with E-state index in [2.05, 4.69) is 0 Å². The van der Waals surface area contributed by atoms with Gasteiger partial charge >= 0.3 is 0 Å². The maximum absolute atomic E-state index is 9.92. The van der Waals surface area contributed by atoms with Gasteiger partial charge in [-0.3, -0.25) is 0 Å². The molecule has 1 N–H and O–H groups in total. The summed E-state index contributed by atoms with van der Waals surface area (Å²) in [6, 6.07) is 10.1. The molecule has 0 radical (unpaired) electrons. The van der Waals surface area contributed by atoms with Crippen molar-refractivity contribution < 1.29 is 14.6 Å². The summed E-state index contributed by atoms with van der Waals surface area (Å²) in [6.45, 7) is 3.54. The zero-order chi connectivity index (χ0) is 12.8. The number of rotatable bonds is 5. The van der Waals surface area contributed by atoms with Gasteiger partial charge in [0.2, 0.25) is 0 Å². The van der Waals surface area contributed by atoms with E-state index in [0.29, 0.717) is 13.2 Å². The fourth-order valence-corrected chi connectivity index (χ4v) is 2.35. The predicted molar refractivity (Wildman–Crippen MR) is 70.3 cm³/mol. The van der Waals surface area contributed by atoms with Crippen LogP contribution in [0.15, 0.2) is 30.3 Å². The molecule has 1 aromatic carbocycles. The third-order valence-corrected chi connectivity index (χ3v) is 3.60. The molecule has 1 aliphatic rings. The number of aliphatic hydroxyl groups is 1. The van der Waals surface area contributed by atoms with Crippen LogP contribution in [0.25, 0.3) is 0 Å². The molecule has 0 unspecified atom stereocenters. The molecule has 1 heterocycles. The van der Waals surface area contributed by atoms with Crippen LogP contribution < -0.4 is 0 Å². The highest BCUT2D eigenvalue weighted by Crippen LogP contribution is 2.29. The minimum absolute atomic E-state index is 0.458. The van der Waals surface area contributed by atoms with Crippen LogP contribution in [0.4, 0.5) is 0 Å². The van der Waals surface area contributed by atoms with Crippen LogP contribution >= 0.6 is 0 Å². The van der Waals surface area contributed by atoms with E-state index in [1.165, 1.54) is 0 Å². The van der Waals surface area contributed by atoms with Crippen molar-refractivity contribution in [3.05, 3.63) is 35.9 Å². The highest BCUT2D eigenvalue weighted by molar-refractivity contribution is 5.13. The van der Waals surface area contributed by atoms with Crippen molar-refractivity contribution in [2.24, 2.45) is 0 Å². The number of ether oxygens (including phenoxy) is 2. The molecule has 1 fully saturated rings.